The van der Waals surface area contributed by atoms with E-state index in [1.165, 1.54) is 0 Å². The van der Waals surface area contributed by atoms with Crippen molar-refractivity contribution in [2.24, 2.45) is 0 Å². The smallest absolute Gasteiger partial charge is 0.213 e. The van der Waals surface area contributed by atoms with E-state index in [1.807, 2.05) is 12.1 Å². The zero-order valence-electron chi connectivity index (χ0n) is 10.9. The molecule has 2 rings (SSSR count). The van der Waals surface area contributed by atoms with Gasteiger partial charge in [0.05, 0.1) is 17.4 Å². The van der Waals surface area contributed by atoms with Gasteiger partial charge in [-0.15, -0.1) is 0 Å². The molecule has 0 aliphatic carbocycles. The van der Waals surface area contributed by atoms with Gasteiger partial charge in [-0.2, -0.15) is 9.57 Å². The second kappa shape index (κ2) is 5.59. The molecule has 1 aromatic carbocycles. The molecular formula is C13H17N3O2S. The van der Waals surface area contributed by atoms with Gasteiger partial charge < -0.3 is 4.90 Å². The molecule has 1 saturated heterocycles. The van der Waals surface area contributed by atoms with Crippen LogP contribution in [0.25, 0.3) is 0 Å². The molecule has 1 heterocycles. The summed E-state index contributed by atoms with van der Waals surface area (Å²) in [5, 5.41) is 8.75. The van der Waals surface area contributed by atoms with Crippen LogP contribution in [0, 0.1) is 11.3 Å². The topological polar surface area (TPSA) is 64.4 Å². The van der Waals surface area contributed by atoms with Gasteiger partial charge in [-0.25, -0.2) is 8.42 Å². The Labute approximate surface area is 114 Å². The van der Waals surface area contributed by atoms with Gasteiger partial charge in [-0.05, 0) is 31.2 Å². The highest BCUT2D eigenvalue weighted by atomic mass is 32.2. The number of nitriles is 1. The van der Waals surface area contributed by atoms with Crippen LogP contribution in [-0.4, -0.2) is 44.7 Å². The molecule has 102 valence electrons. The van der Waals surface area contributed by atoms with Crippen molar-refractivity contribution in [3.63, 3.8) is 0 Å². The van der Waals surface area contributed by atoms with Gasteiger partial charge in [-0.1, -0.05) is 0 Å². The van der Waals surface area contributed by atoms with Crippen LogP contribution in [0.2, 0.25) is 0 Å². The highest BCUT2D eigenvalue weighted by Crippen LogP contribution is 2.18. The van der Waals surface area contributed by atoms with Crippen molar-refractivity contribution < 1.29 is 8.42 Å². The maximum Gasteiger partial charge on any atom is 0.213 e. The average molecular weight is 279 g/mol. The van der Waals surface area contributed by atoms with Gasteiger partial charge in [0.15, 0.2) is 0 Å². The van der Waals surface area contributed by atoms with E-state index in [-0.39, 0.29) is 5.75 Å². The molecule has 0 saturated carbocycles. The summed E-state index contributed by atoms with van der Waals surface area (Å²) in [4.78, 5) is 2.14. The fourth-order valence-electron chi connectivity index (χ4n) is 2.15. The number of hydrogen-bond acceptors (Lipinski definition) is 4. The summed E-state index contributed by atoms with van der Waals surface area (Å²) < 4.78 is 25.1. The molecular weight excluding hydrogens is 262 g/mol. The Morgan fingerprint density at radius 1 is 1.16 bits per heavy atom. The van der Waals surface area contributed by atoms with E-state index in [2.05, 4.69) is 11.0 Å². The minimum atomic E-state index is -3.07. The lowest BCUT2D eigenvalue weighted by Crippen LogP contribution is -2.49. The van der Waals surface area contributed by atoms with Crippen LogP contribution in [-0.2, 0) is 10.0 Å². The fourth-order valence-corrected chi connectivity index (χ4v) is 3.24. The lowest BCUT2D eigenvalue weighted by Gasteiger charge is -2.35. The van der Waals surface area contributed by atoms with Gasteiger partial charge >= 0.3 is 0 Å². The Hall–Kier alpha value is -1.58. The van der Waals surface area contributed by atoms with Gasteiger partial charge in [-0.3, -0.25) is 0 Å². The number of piperazine rings is 1. The third kappa shape index (κ3) is 3.06. The summed E-state index contributed by atoms with van der Waals surface area (Å²) in [5.41, 5.74) is 1.67. The lowest BCUT2D eigenvalue weighted by molar-refractivity contribution is 0.385. The molecule has 0 radical (unpaired) electrons. The second-order valence-electron chi connectivity index (χ2n) is 4.45. The lowest BCUT2D eigenvalue weighted by atomic mass is 10.2. The number of sulfonamides is 1. The molecule has 0 atom stereocenters. The summed E-state index contributed by atoms with van der Waals surface area (Å²) in [6.45, 7) is 4.09. The van der Waals surface area contributed by atoms with E-state index in [1.54, 1.807) is 23.4 Å². The van der Waals surface area contributed by atoms with Gasteiger partial charge in [0.2, 0.25) is 10.0 Å². The maximum atomic E-state index is 11.8. The minimum absolute atomic E-state index is 0.157. The van der Waals surface area contributed by atoms with Gasteiger partial charge in [0, 0.05) is 31.9 Å². The number of anilines is 1. The van der Waals surface area contributed by atoms with E-state index >= 15 is 0 Å². The van der Waals surface area contributed by atoms with E-state index in [9.17, 15) is 8.42 Å². The van der Waals surface area contributed by atoms with Crippen molar-refractivity contribution in [2.75, 3.05) is 36.8 Å². The Bertz CT molecular complexity index is 567. The van der Waals surface area contributed by atoms with Gasteiger partial charge in [0.1, 0.15) is 0 Å². The molecule has 19 heavy (non-hydrogen) atoms. The molecule has 0 N–H and O–H groups in total. The average Bonchev–Trinajstić information content (AvgIpc) is 2.47. The molecule has 6 heteroatoms. The highest BCUT2D eigenvalue weighted by Gasteiger charge is 2.25. The zero-order chi connectivity index (χ0) is 13.9. The van der Waals surface area contributed by atoms with Crippen molar-refractivity contribution in [3.8, 4) is 6.07 Å². The Kier molecular flexibility index (Phi) is 4.08. The van der Waals surface area contributed by atoms with Crippen LogP contribution in [0.4, 0.5) is 5.69 Å². The van der Waals surface area contributed by atoms with E-state index in [0.717, 1.165) is 5.69 Å². The first-order valence-electron chi connectivity index (χ1n) is 6.30. The van der Waals surface area contributed by atoms with E-state index in [0.29, 0.717) is 31.7 Å². The molecule has 0 unspecified atom stereocenters. The van der Waals surface area contributed by atoms with E-state index < -0.39 is 10.0 Å². The van der Waals surface area contributed by atoms with Crippen molar-refractivity contribution >= 4 is 15.7 Å². The number of nitrogens with zero attached hydrogens (tertiary/aromatic N) is 3. The predicted octanol–water partition coefficient (Wildman–Crippen LogP) is 1.03. The standard InChI is InChI=1S/C13H17N3O2S/c1-2-19(17,18)16-9-7-15(8-10-16)13-5-3-12(11-14)4-6-13/h3-6H,2,7-10H2,1H3. The molecule has 1 aliphatic heterocycles. The minimum Gasteiger partial charge on any atom is -0.369 e. The first-order valence-corrected chi connectivity index (χ1v) is 7.90. The SMILES string of the molecule is CCS(=O)(=O)N1CCN(c2ccc(C#N)cc2)CC1. The predicted molar refractivity (Wildman–Crippen MR) is 74.4 cm³/mol. The molecule has 1 aliphatic rings. The number of rotatable bonds is 3. The molecule has 5 nitrogen and oxygen atoms in total. The van der Waals surface area contributed by atoms with Crippen LogP contribution < -0.4 is 4.90 Å². The van der Waals surface area contributed by atoms with Crippen LogP contribution in [0.15, 0.2) is 24.3 Å². The third-order valence-corrected chi connectivity index (χ3v) is 5.24. The summed E-state index contributed by atoms with van der Waals surface area (Å²) in [6.07, 6.45) is 0. The van der Waals surface area contributed by atoms with Crippen LogP contribution >= 0.6 is 0 Å². The first kappa shape index (κ1) is 13.8. The van der Waals surface area contributed by atoms with Crippen molar-refractivity contribution in [1.82, 2.24) is 4.31 Å². The molecule has 1 aromatic rings. The number of benzene rings is 1. The molecule has 0 bridgehead atoms. The largest absolute Gasteiger partial charge is 0.369 e. The molecule has 1 fully saturated rings. The van der Waals surface area contributed by atoms with Crippen molar-refractivity contribution in [2.45, 2.75) is 6.92 Å². The Morgan fingerprint density at radius 3 is 2.21 bits per heavy atom. The van der Waals surface area contributed by atoms with Gasteiger partial charge in [0.25, 0.3) is 0 Å². The molecule has 0 amide bonds. The zero-order valence-corrected chi connectivity index (χ0v) is 11.7. The first-order chi connectivity index (χ1) is 9.06. The third-order valence-electron chi connectivity index (χ3n) is 3.36. The summed E-state index contributed by atoms with van der Waals surface area (Å²) >= 11 is 0. The Morgan fingerprint density at radius 2 is 1.74 bits per heavy atom. The fraction of sp³-hybridized carbons (Fsp3) is 0.462. The molecule has 0 spiro atoms. The van der Waals surface area contributed by atoms with Crippen molar-refractivity contribution in [3.05, 3.63) is 29.8 Å². The van der Waals surface area contributed by atoms with Crippen LogP contribution in [0.5, 0.6) is 0 Å². The van der Waals surface area contributed by atoms with Crippen LogP contribution in [0.3, 0.4) is 0 Å². The quantitative estimate of drug-likeness (QED) is 0.829. The summed E-state index contributed by atoms with van der Waals surface area (Å²) in [5.74, 6) is 0.157. The highest BCUT2D eigenvalue weighted by molar-refractivity contribution is 7.89. The van der Waals surface area contributed by atoms with E-state index in [4.69, 9.17) is 5.26 Å². The van der Waals surface area contributed by atoms with Crippen molar-refractivity contribution in [1.29, 1.82) is 5.26 Å². The summed E-state index contributed by atoms with van der Waals surface area (Å²) in [6, 6.07) is 9.46. The summed E-state index contributed by atoms with van der Waals surface area (Å²) in [7, 11) is -3.07. The normalized spacial score (nSPS) is 17.2. The Balaban J connectivity index is 2.02. The number of hydrogen-bond donors (Lipinski definition) is 0. The molecule has 0 aromatic heterocycles. The maximum absolute atomic E-state index is 11.8. The second-order valence-corrected chi connectivity index (χ2v) is 6.70. The monoisotopic (exact) mass is 279 g/mol. The van der Waals surface area contributed by atoms with Crippen LogP contribution in [0.1, 0.15) is 12.5 Å².